The van der Waals surface area contributed by atoms with Crippen LogP contribution in [0.1, 0.15) is 43.7 Å². The topological polar surface area (TPSA) is 56.0 Å². The summed E-state index contributed by atoms with van der Waals surface area (Å²) in [5.74, 6) is 1.33. The Morgan fingerprint density at radius 2 is 2.00 bits per heavy atom. The molecule has 0 amide bonds. The predicted octanol–water partition coefficient (Wildman–Crippen LogP) is 3.72. The minimum atomic E-state index is -0.0324. The van der Waals surface area contributed by atoms with Crippen molar-refractivity contribution in [2.45, 2.75) is 44.6 Å². The van der Waals surface area contributed by atoms with Gasteiger partial charge in [-0.3, -0.25) is 9.78 Å². The Morgan fingerprint density at radius 3 is 2.67 bits per heavy atom. The first-order valence-electron chi connectivity index (χ1n) is 11.1. The van der Waals surface area contributed by atoms with E-state index in [-0.39, 0.29) is 5.56 Å². The normalized spacial score (nSPS) is 20.0. The average Bonchev–Trinajstić information content (AvgIpc) is 3.68. The smallest absolute Gasteiger partial charge is 0.281 e. The minimum absolute atomic E-state index is 0.0324. The van der Waals surface area contributed by atoms with Gasteiger partial charge in [0.05, 0.1) is 11.1 Å². The molecule has 0 spiro atoms. The Bertz CT molecular complexity index is 1190. The van der Waals surface area contributed by atoms with Crippen molar-refractivity contribution in [3.05, 3.63) is 52.7 Å². The second-order valence-electron chi connectivity index (χ2n) is 9.19. The molecule has 154 valence electrons. The van der Waals surface area contributed by atoms with E-state index in [1.165, 1.54) is 25.7 Å². The Labute approximate surface area is 175 Å². The number of nitrogens with zero attached hydrogens (tertiary/aromatic N) is 5. The lowest BCUT2D eigenvalue weighted by Gasteiger charge is -2.22. The van der Waals surface area contributed by atoms with Crippen molar-refractivity contribution in [2.75, 3.05) is 20.1 Å². The highest BCUT2D eigenvalue weighted by molar-refractivity contribution is 5.91. The van der Waals surface area contributed by atoms with Crippen molar-refractivity contribution in [3.63, 3.8) is 0 Å². The highest BCUT2D eigenvalue weighted by atomic mass is 16.1. The maximum Gasteiger partial charge on any atom is 0.281 e. The van der Waals surface area contributed by atoms with E-state index in [4.69, 9.17) is 10.1 Å². The fourth-order valence-corrected chi connectivity index (χ4v) is 4.49. The zero-order valence-corrected chi connectivity index (χ0v) is 17.4. The SMILES string of the molecule is CN1CC=C(n2nc3ccn(CC4CC4)c3c(-c3ccc(C4CC4)nc3)c2=O)CC1. The standard InChI is InChI=1S/C24H27N5O/c1-27-11-8-19(9-12-27)29-24(30)22(18-6-7-20(25-14-18)17-4-5-17)23-21(26-29)10-13-28(23)15-16-2-3-16/h6-8,10,13-14,16-17H,2-5,9,11-12,15H2,1H3. The lowest BCUT2D eigenvalue weighted by atomic mass is 10.1. The van der Waals surface area contributed by atoms with Crippen LogP contribution in [0.25, 0.3) is 27.9 Å². The summed E-state index contributed by atoms with van der Waals surface area (Å²) in [4.78, 5) is 20.7. The Kier molecular flexibility index (Phi) is 4.16. The average molecular weight is 402 g/mol. The van der Waals surface area contributed by atoms with Crippen molar-refractivity contribution in [2.24, 2.45) is 5.92 Å². The highest BCUT2D eigenvalue weighted by Crippen LogP contribution is 2.39. The van der Waals surface area contributed by atoms with Crippen LogP contribution in [0.5, 0.6) is 0 Å². The number of rotatable bonds is 5. The molecule has 3 aromatic heterocycles. The molecule has 0 atom stereocenters. The van der Waals surface area contributed by atoms with Gasteiger partial charge >= 0.3 is 0 Å². The van der Waals surface area contributed by atoms with Crippen LogP contribution in [0.3, 0.4) is 0 Å². The molecule has 0 radical (unpaired) electrons. The lowest BCUT2D eigenvalue weighted by molar-refractivity contribution is 0.365. The number of aromatic nitrogens is 4. The number of pyridine rings is 1. The molecule has 2 saturated carbocycles. The first-order valence-corrected chi connectivity index (χ1v) is 11.1. The zero-order valence-electron chi connectivity index (χ0n) is 17.4. The third-order valence-corrected chi connectivity index (χ3v) is 6.68. The fraction of sp³-hybridized carbons (Fsp3) is 0.458. The molecule has 0 saturated heterocycles. The van der Waals surface area contributed by atoms with E-state index in [0.29, 0.717) is 5.92 Å². The molecule has 3 aromatic rings. The van der Waals surface area contributed by atoms with E-state index in [2.05, 4.69) is 47.0 Å². The molecule has 30 heavy (non-hydrogen) atoms. The lowest BCUT2D eigenvalue weighted by Crippen LogP contribution is -2.30. The second kappa shape index (κ2) is 6.91. The van der Waals surface area contributed by atoms with Gasteiger partial charge in [0.2, 0.25) is 0 Å². The van der Waals surface area contributed by atoms with E-state index in [9.17, 15) is 4.79 Å². The zero-order chi connectivity index (χ0) is 20.2. The van der Waals surface area contributed by atoms with Crippen LogP contribution in [0.15, 0.2) is 41.5 Å². The molecule has 6 nitrogen and oxygen atoms in total. The molecule has 6 heteroatoms. The Balaban J connectivity index is 1.54. The van der Waals surface area contributed by atoms with Gasteiger partial charge in [0.15, 0.2) is 0 Å². The van der Waals surface area contributed by atoms with E-state index >= 15 is 0 Å². The summed E-state index contributed by atoms with van der Waals surface area (Å²) in [5.41, 5.74) is 5.59. The summed E-state index contributed by atoms with van der Waals surface area (Å²) in [5, 5.41) is 4.79. The van der Waals surface area contributed by atoms with E-state index < -0.39 is 0 Å². The van der Waals surface area contributed by atoms with E-state index in [1.807, 2.05) is 6.20 Å². The first-order chi connectivity index (χ1) is 14.7. The Hall–Kier alpha value is -2.73. The van der Waals surface area contributed by atoms with Crippen LogP contribution in [-0.4, -0.2) is 44.4 Å². The van der Waals surface area contributed by atoms with Gasteiger partial charge < -0.3 is 9.47 Å². The molecule has 4 heterocycles. The molecule has 6 rings (SSSR count). The van der Waals surface area contributed by atoms with E-state index in [1.54, 1.807) is 4.68 Å². The molecule has 3 aliphatic rings. The summed E-state index contributed by atoms with van der Waals surface area (Å²) >= 11 is 0. The largest absolute Gasteiger partial charge is 0.345 e. The summed E-state index contributed by atoms with van der Waals surface area (Å²) < 4.78 is 3.87. The minimum Gasteiger partial charge on any atom is -0.345 e. The van der Waals surface area contributed by atoms with Crippen LogP contribution >= 0.6 is 0 Å². The van der Waals surface area contributed by atoms with Crippen molar-refractivity contribution in [1.82, 2.24) is 24.2 Å². The van der Waals surface area contributed by atoms with Gasteiger partial charge in [0.1, 0.15) is 5.52 Å². The van der Waals surface area contributed by atoms with Crippen molar-refractivity contribution < 1.29 is 0 Å². The van der Waals surface area contributed by atoms with Gasteiger partial charge in [-0.1, -0.05) is 6.07 Å². The maximum atomic E-state index is 13.8. The quantitative estimate of drug-likeness (QED) is 0.654. The number of hydrogen-bond donors (Lipinski definition) is 0. The molecular formula is C24H27N5O. The van der Waals surface area contributed by atoms with Crippen molar-refractivity contribution in [1.29, 1.82) is 0 Å². The summed E-state index contributed by atoms with van der Waals surface area (Å²) in [6.45, 7) is 2.74. The van der Waals surface area contributed by atoms with Crippen molar-refractivity contribution >= 4 is 16.7 Å². The molecule has 1 aliphatic heterocycles. The number of fused-ring (bicyclic) bond motifs is 1. The van der Waals surface area contributed by atoms with Gasteiger partial charge in [0, 0.05) is 61.3 Å². The molecule has 0 unspecified atom stereocenters. The summed E-state index contributed by atoms with van der Waals surface area (Å²) in [7, 11) is 2.10. The van der Waals surface area contributed by atoms with Crippen LogP contribution in [0, 0.1) is 5.92 Å². The van der Waals surface area contributed by atoms with Crippen LogP contribution in [0.2, 0.25) is 0 Å². The van der Waals surface area contributed by atoms with Crippen LogP contribution in [0.4, 0.5) is 0 Å². The van der Waals surface area contributed by atoms with Crippen molar-refractivity contribution in [3.8, 4) is 11.1 Å². The number of hydrogen-bond acceptors (Lipinski definition) is 4. The number of likely N-dealkylation sites (N-methyl/N-ethyl adjacent to an activating group) is 1. The van der Waals surface area contributed by atoms with Crippen LogP contribution < -0.4 is 5.56 Å². The van der Waals surface area contributed by atoms with Gasteiger partial charge in [-0.25, -0.2) is 4.68 Å². The monoisotopic (exact) mass is 401 g/mol. The van der Waals surface area contributed by atoms with E-state index in [0.717, 1.165) is 65.5 Å². The predicted molar refractivity (Wildman–Crippen MR) is 118 cm³/mol. The van der Waals surface area contributed by atoms with Gasteiger partial charge in [-0.2, -0.15) is 5.10 Å². The van der Waals surface area contributed by atoms with Gasteiger partial charge in [0.25, 0.3) is 5.56 Å². The maximum absolute atomic E-state index is 13.8. The molecule has 2 fully saturated rings. The molecular weight excluding hydrogens is 374 g/mol. The van der Waals surface area contributed by atoms with Crippen LogP contribution in [-0.2, 0) is 6.54 Å². The summed E-state index contributed by atoms with van der Waals surface area (Å²) in [6.07, 6.45) is 12.0. The molecule has 0 aromatic carbocycles. The first kappa shape index (κ1) is 18.1. The van der Waals surface area contributed by atoms with Gasteiger partial charge in [-0.05, 0) is 56.9 Å². The third-order valence-electron chi connectivity index (χ3n) is 6.68. The summed E-state index contributed by atoms with van der Waals surface area (Å²) in [6, 6.07) is 6.24. The highest BCUT2D eigenvalue weighted by Gasteiger charge is 2.27. The Morgan fingerprint density at radius 1 is 1.13 bits per heavy atom. The third kappa shape index (κ3) is 3.19. The van der Waals surface area contributed by atoms with Gasteiger partial charge in [-0.15, -0.1) is 0 Å². The fourth-order valence-electron chi connectivity index (χ4n) is 4.49. The molecule has 2 aliphatic carbocycles. The second-order valence-corrected chi connectivity index (χ2v) is 9.19. The molecule has 0 bridgehead atoms. The molecule has 0 N–H and O–H groups in total.